The molecule has 0 saturated carbocycles. The Morgan fingerprint density at radius 1 is 1.33 bits per heavy atom. The van der Waals surface area contributed by atoms with Crippen LogP contribution in [0.25, 0.3) is 0 Å². The molecule has 0 atom stereocenters. The minimum Gasteiger partial charge on any atom is -0.502 e. The number of carbonyl (C=O) groups excluding carboxylic acids is 1. The van der Waals surface area contributed by atoms with E-state index in [9.17, 15) is 27.9 Å². The number of hydrogen-bond acceptors (Lipinski definition) is 4. The first-order valence-corrected chi connectivity index (χ1v) is 8.16. The van der Waals surface area contributed by atoms with E-state index in [-0.39, 0.29) is 17.7 Å². The van der Waals surface area contributed by atoms with Gasteiger partial charge in [0.2, 0.25) is 0 Å². The molecule has 1 aromatic carbocycles. The summed E-state index contributed by atoms with van der Waals surface area (Å²) in [4.78, 5) is 23.8. The van der Waals surface area contributed by atoms with Crippen LogP contribution in [0.2, 0.25) is 5.02 Å². The Morgan fingerprint density at radius 3 is 2.67 bits per heavy atom. The third-order valence-corrected chi connectivity index (χ3v) is 3.85. The molecule has 0 aliphatic heterocycles. The second kappa shape index (κ2) is 8.34. The number of aromatic hydroxyl groups is 1. The molecule has 146 valence electrons. The number of nitrogens with one attached hydrogen (secondary N) is 1. The van der Waals surface area contributed by atoms with Crippen LogP contribution in [0.3, 0.4) is 0 Å². The van der Waals surface area contributed by atoms with Gasteiger partial charge in [-0.3, -0.25) is 9.59 Å². The molecule has 0 aliphatic rings. The monoisotopic (exact) mass is 404 g/mol. The fourth-order valence-corrected chi connectivity index (χ4v) is 2.43. The zero-order valence-electron chi connectivity index (χ0n) is 14.1. The van der Waals surface area contributed by atoms with Crippen LogP contribution >= 0.6 is 11.6 Å². The van der Waals surface area contributed by atoms with E-state index in [1.54, 1.807) is 24.3 Å². The Labute approximate surface area is 157 Å². The highest BCUT2D eigenvalue weighted by atomic mass is 35.5. The largest absolute Gasteiger partial charge is 0.502 e. The van der Waals surface area contributed by atoms with Crippen molar-refractivity contribution in [3.63, 3.8) is 0 Å². The van der Waals surface area contributed by atoms with Gasteiger partial charge < -0.3 is 19.7 Å². The van der Waals surface area contributed by atoms with E-state index in [4.69, 9.17) is 16.3 Å². The summed E-state index contributed by atoms with van der Waals surface area (Å²) in [6.45, 7) is 0.284. The zero-order valence-corrected chi connectivity index (χ0v) is 14.9. The first-order chi connectivity index (χ1) is 12.6. The number of carbonyl (C=O) groups is 1. The smallest absolute Gasteiger partial charge is 0.431 e. The van der Waals surface area contributed by atoms with Gasteiger partial charge in [-0.05, 0) is 30.7 Å². The highest BCUT2D eigenvalue weighted by Gasteiger charge is 2.36. The second-order valence-corrected chi connectivity index (χ2v) is 6.01. The first kappa shape index (κ1) is 20.6. The van der Waals surface area contributed by atoms with Crippen LogP contribution in [0, 0.1) is 0 Å². The van der Waals surface area contributed by atoms with E-state index in [0.717, 1.165) is 7.05 Å². The molecule has 1 aromatic heterocycles. The summed E-state index contributed by atoms with van der Waals surface area (Å²) in [5, 5.41) is 12.6. The molecule has 1 heterocycles. The van der Waals surface area contributed by atoms with Gasteiger partial charge in [0.1, 0.15) is 11.4 Å². The summed E-state index contributed by atoms with van der Waals surface area (Å²) in [5.74, 6) is -1.50. The van der Waals surface area contributed by atoms with Gasteiger partial charge in [0.25, 0.3) is 11.5 Å². The second-order valence-electron chi connectivity index (χ2n) is 5.57. The van der Waals surface area contributed by atoms with Crippen LogP contribution in [0.5, 0.6) is 11.5 Å². The van der Waals surface area contributed by atoms with Crippen molar-refractivity contribution >= 4 is 17.5 Å². The normalized spacial score (nSPS) is 11.3. The van der Waals surface area contributed by atoms with Gasteiger partial charge in [0, 0.05) is 18.6 Å². The topological polar surface area (TPSA) is 80.6 Å². The van der Waals surface area contributed by atoms with Crippen LogP contribution in [-0.4, -0.2) is 28.7 Å². The van der Waals surface area contributed by atoms with Crippen molar-refractivity contribution in [2.24, 2.45) is 7.05 Å². The third kappa shape index (κ3) is 5.16. The Hall–Kier alpha value is -2.68. The number of alkyl halides is 3. The summed E-state index contributed by atoms with van der Waals surface area (Å²) < 4.78 is 44.5. The number of amides is 1. The van der Waals surface area contributed by atoms with E-state index in [2.05, 4.69) is 5.32 Å². The maximum atomic E-state index is 12.9. The molecular weight excluding hydrogens is 389 g/mol. The molecule has 0 radical (unpaired) electrons. The standard InChI is InChI=1S/C17H16ClF3N2O4/c1-23-13(17(19,20)21)9-12(14(24)16(23)26)15(25)22-6-3-7-27-11-5-2-4-10(18)8-11/h2,4-5,8-9,24H,3,6-7H2,1H3,(H,22,25). The van der Waals surface area contributed by atoms with Crippen molar-refractivity contribution in [1.82, 2.24) is 9.88 Å². The number of hydrogen-bond donors (Lipinski definition) is 2. The fraction of sp³-hybridized carbons (Fsp3) is 0.294. The molecule has 27 heavy (non-hydrogen) atoms. The van der Waals surface area contributed by atoms with Crippen LogP contribution in [0.15, 0.2) is 35.1 Å². The van der Waals surface area contributed by atoms with Crippen molar-refractivity contribution in [2.45, 2.75) is 12.6 Å². The SMILES string of the molecule is Cn1c(C(F)(F)F)cc(C(=O)NCCCOc2cccc(Cl)c2)c(O)c1=O. The molecule has 10 heteroatoms. The van der Waals surface area contributed by atoms with E-state index in [1.165, 1.54) is 0 Å². The highest BCUT2D eigenvalue weighted by molar-refractivity contribution is 6.30. The average Bonchev–Trinajstić information content (AvgIpc) is 2.58. The summed E-state index contributed by atoms with van der Waals surface area (Å²) >= 11 is 5.81. The molecule has 0 fully saturated rings. The van der Waals surface area contributed by atoms with Crippen molar-refractivity contribution in [3.05, 3.63) is 57.0 Å². The summed E-state index contributed by atoms with van der Waals surface area (Å²) in [6, 6.07) is 7.13. The number of nitrogens with zero attached hydrogens (tertiary/aromatic N) is 1. The number of aromatic nitrogens is 1. The Kier molecular flexibility index (Phi) is 6.37. The molecule has 0 bridgehead atoms. The van der Waals surface area contributed by atoms with Gasteiger partial charge in [-0.15, -0.1) is 0 Å². The fourth-order valence-electron chi connectivity index (χ4n) is 2.25. The minimum atomic E-state index is -4.85. The minimum absolute atomic E-state index is 0.0649. The lowest BCUT2D eigenvalue weighted by Crippen LogP contribution is -2.31. The van der Waals surface area contributed by atoms with E-state index < -0.39 is 34.6 Å². The number of halogens is 4. The summed E-state index contributed by atoms with van der Waals surface area (Å²) in [5.41, 5.74) is -3.37. The lowest BCUT2D eigenvalue weighted by atomic mass is 10.1. The number of ether oxygens (including phenoxy) is 1. The molecule has 2 aromatic rings. The number of benzene rings is 1. The molecule has 6 nitrogen and oxygen atoms in total. The van der Waals surface area contributed by atoms with Gasteiger partial charge in [-0.1, -0.05) is 17.7 Å². The molecule has 0 unspecified atom stereocenters. The summed E-state index contributed by atoms with van der Waals surface area (Å²) in [6.07, 6.45) is -4.50. The van der Waals surface area contributed by atoms with Crippen LogP contribution < -0.4 is 15.6 Å². The predicted octanol–water partition coefficient (Wildman–Crippen LogP) is 2.96. The van der Waals surface area contributed by atoms with E-state index in [1.807, 2.05) is 0 Å². The third-order valence-electron chi connectivity index (χ3n) is 3.61. The van der Waals surface area contributed by atoms with Crippen molar-refractivity contribution in [2.75, 3.05) is 13.2 Å². The molecule has 0 saturated heterocycles. The molecule has 2 rings (SSSR count). The van der Waals surface area contributed by atoms with E-state index in [0.29, 0.717) is 23.3 Å². The lowest BCUT2D eigenvalue weighted by molar-refractivity contribution is -0.143. The highest BCUT2D eigenvalue weighted by Crippen LogP contribution is 2.30. The lowest BCUT2D eigenvalue weighted by Gasteiger charge is -2.14. The van der Waals surface area contributed by atoms with Gasteiger partial charge in [0.15, 0.2) is 5.75 Å². The van der Waals surface area contributed by atoms with Gasteiger partial charge in [-0.25, -0.2) is 0 Å². The zero-order chi connectivity index (χ0) is 20.2. The molecule has 2 N–H and O–H groups in total. The number of rotatable bonds is 6. The Bertz CT molecular complexity index is 897. The van der Waals surface area contributed by atoms with Gasteiger partial charge in [-0.2, -0.15) is 13.2 Å². The Balaban J connectivity index is 1.98. The van der Waals surface area contributed by atoms with Gasteiger partial charge >= 0.3 is 6.18 Å². The Morgan fingerprint density at radius 2 is 2.04 bits per heavy atom. The van der Waals surface area contributed by atoms with Crippen molar-refractivity contribution in [1.29, 1.82) is 0 Å². The van der Waals surface area contributed by atoms with Crippen molar-refractivity contribution in [3.8, 4) is 11.5 Å². The quantitative estimate of drug-likeness (QED) is 0.725. The molecule has 0 aliphatic carbocycles. The predicted molar refractivity (Wildman–Crippen MR) is 92.2 cm³/mol. The molecule has 1 amide bonds. The van der Waals surface area contributed by atoms with Crippen LogP contribution in [0.1, 0.15) is 22.5 Å². The maximum Gasteiger partial charge on any atom is 0.431 e. The van der Waals surface area contributed by atoms with Gasteiger partial charge in [0.05, 0.1) is 12.2 Å². The van der Waals surface area contributed by atoms with Crippen LogP contribution in [-0.2, 0) is 13.2 Å². The maximum absolute atomic E-state index is 12.9. The molecular formula is C17H16ClF3N2O4. The van der Waals surface area contributed by atoms with E-state index >= 15 is 0 Å². The number of pyridine rings is 1. The van der Waals surface area contributed by atoms with Crippen LogP contribution in [0.4, 0.5) is 13.2 Å². The first-order valence-electron chi connectivity index (χ1n) is 7.78. The van der Waals surface area contributed by atoms with Crippen molar-refractivity contribution < 1.29 is 27.8 Å². The average molecular weight is 405 g/mol. The molecule has 0 spiro atoms. The summed E-state index contributed by atoms with van der Waals surface area (Å²) in [7, 11) is 0.861.